The second kappa shape index (κ2) is 8.21. The summed E-state index contributed by atoms with van der Waals surface area (Å²) in [6.45, 7) is 13.2. The highest BCUT2D eigenvalue weighted by atomic mass is 16.5. The number of hydrogen-bond donors (Lipinski definition) is 2. The molecule has 0 spiro atoms. The summed E-state index contributed by atoms with van der Waals surface area (Å²) in [5.41, 5.74) is 0.283. The standard InChI is InChI=1S/C21H27BN3O3.C2H6/c1-19(2,27)20(3,4)28-22-16-12-17-18(26)25-11-10-23-21(25,14-24(17)13-16)15-8-6-5-7-9-15;1-2/h5-9,12-13,23,27H,10-11,14H2,1-4H3;1-2H3. The molecule has 1 atom stereocenters. The van der Waals surface area contributed by atoms with Gasteiger partial charge in [-0.2, -0.15) is 0 Å². The van der Waals surface area contributed by atoms with Gasteiger partial charge in [0.05, 0.1) is 17.7 Å². The van der Waals surface area contributed by atoms with Crippen molar-refractivity contribution in [2.75, 3.05) is 13.1 Å². The van der Waals surface area contributed by atoms with E-state index in [4.69, 9.17) is 4.65 Å². The van der Waals surface area contributed by atoms with E-state index in [0.717, 1.165) is 17.6 Å². The summed E-state index contributed by atoms with van der Waals surface area (Å²) >= 11 is 0. The summed E-state index contributed by atoms with van der Waals surface area (Å²) in [6.07, 6.45) is 1.94. The molecule has 4 rings (SSSR count). The van der Waals surface area contributed by atoms with E-state index in [9.17, 15) is 9.90 Å². The first-order chi connectivity index (χ1) is 14.1. The maximum Gasteiger partial charge on any atom is 0.332 e. The number of benzene rings is 1. The monoisotopic (exact) mass is 410 g/mol. The van der Waals surface area contributed by atoms with Gasteiger partial charge in [-0.25, -0.2) is 0 Å². The quantitative estimate of drug-likeness (QED) is 0.743. The van der Waals surface area contributed by atoms with Crippen LogP contribution in [0.3, 0.4) is 0 Å². The molecule has 1 saturated heterocycles. The van der Waals surface area contributed by atoms with Crippen molar-refractivity contribution in [1.82, 2.24) is 14.8 Å². The molecule has 2 aromatic rings. The summed E-state index contributed by atoms with van der Waals surface area (Å²) in [5, 5.41) is 13.8. The molecule has 161 valence electrons. The Kier molecular flexibility index (Phi) is 6.19. The minimum absolute atomic E-state index is 0.0153. The Morgan fingerprint density at radius 1 is 1.17 bits per heavy atom. The Morgan fingerprint density at radius 2 is 1.83 bits per heavy atom. The molecule has 2 aliphatic rings. The van der Waals surface area contributed by atoms with E-state index >= 15 is 0 Å². The Bertz CT molecular complexity index is 889. The van der Waals surface area contributed by atoms with Crippen LogP contribution >= 0.6 is 0 Å². The predicted octanol–water partition coefficient (Wildman–Crippen LogP) is 2.24. The zero-order chi connectivity index (χ0) is 22.2. The first-order valence-electron chi connectivity index (χ1n) is 10.7. The molecule has 1 fully saturated rings. The van der Waals surface area contributed by atoms with Crippen molar-refractivity contribution in [3.63, 3.8) is 0 Å². The second-order valence-corrected chi connectivity index (χ2v) is 8.70. The minimum Gasteiger partial charge on any atom is -0.427 e. The lowest BCUT2D eigenvalue weighted by molar-refractivity contribution is -0.0893. The smallest absolute Gasteiger partial charge is 0.332 e. The lowest BCUT2D eigenvalue weighted by Crippen LogP contribution is -2.57. The van der Waals surface area contributed by atoms with Crippen LogP contribution in [0.25, 0.3) is 0 Å². The van der Waals surface area contributed by atoms with Crippen molar-refractivity contribution >= 4 is 18.9 Å². The summed E-state index contributed by atoms with van der Waals surface area (Å²) < 4.78 is 7.86. The molecule has 30 heavy (non-hydrogen) atoms. The molecule has 0 aliphatic carbocycles. The van der Waals surface area contributed by atoms with E-state index in [-0.39, 0.29) is 5.91 Å². The molecular weight excluding hydrogens is 377 g/mol. The topological polar surface area (TPSA) is 66.7 Å². The van der Waals surface area contributed by atoms with Gasteiger partial charge in [0.25, 0.3) is 5.91 Å². The van der Waals surface area contributed by atoms with Crippen LogP contribution in [0.5, 0.6) is 0 Å². The lowest BCUT2D eigenvalue weighted by atomic mass is 9.84. The molecular formula is C23H33BN3O3. The van der Waals surface area contributed by atoms with Crippen LogP contribution in [0.2, 0.25) is 0 Å². The number of carbonyl (C=O) groups is 1. The fourth-order valence-corrected chi connectivity index (χ4v) is 3.79. The lowest BCUT2D eigenvalue weighted by Gasteiger charge is -2.43. The van der Waals surface area contributed by atoms with Crippen LogP contribution in [0, 0.1) is 0 Å². The molecule has 1 amide bonds. The molecule has 1 unspecified atom stereocenters. The highest BCUT2D eigenvalue weighted by Crippen LogP contribution is 2.36. The van der Waals surface area contributed by atoms with Crippen molar-refractivity contribution < 1.29 is 14.6 Å². The van der Waals surface area contributed by atoms with E-state index in [1.165, 1.54) is 0 Å². The largest absolute Gasteiger partial charge is 0.427 e. The van der Waals surface area contributed by atoms with Crippen molar-refractivity contribution in [3.05, 3.63) is 53.9 Å². The zero-order valence-electron chi connectivity index (χ0n) is 18.9. The van der Waals surface area contributed by atoms with E-state index < -0.39 is 16.9 Å². The average molecular weight is 410 g/mol. The number of aromatic nitrogens is 1. The fourth-order valence-electron chi connectivity index (χ4n) is 3.79. The summed E-state index contributed by atoms with van der Waals surface area (Å²) in [7, 11) is 1.63. The molecule has 3 heterocycles. The number of rotatable bonds is 5. The number of hydrogen-bond acceptors (Lipinski definition) is 4. The van der Waals surface area contributed by atoms with Gasteiger partial charge in [-0.3, -0.25) is 10.1 Å². The number of amides is 1. The first-order valence-corrected chi connectivity index (χ1v) is 10.7. The van der Waals surface area contributed by atoms with Crippen LogP contribution in [0.4, 0.5) is 0 Å². The molecule has 0 saturated carbocycles. The fraction of sp³-hybridized carbons (Fsp3) is 0.522. The minimum atomic E-state index is -0.997. The Morgan fingerprint density at radius 3 is 2.47 bits per heavy atom. The van der Waals surface area contributed by atoms with Crippen LogP contribution in [0.15, 0.2) is 42.6 Å². The highest BCUT2D eigenvalue weighted by Gasteiger charge is 2.49. The summed E-state index contributed by atoms with van der Waals surface area (Å²) in [6, 6.07) is 12.0. The molecule has 2 aliphatic heterocycles. The van der Waals surface area contributed by atoms with Gasteiger partial charge in [0.1, 0.15) is 11.4 Å². The van der Waals surface area contributed by atoms with Crippen LogP contribution < -0.4 is 10.8 Å². The Hall–Kier alpha value is -2.09. The van der Waals surface area contributed by atoms with Crippen molar-refractivity contribution in [1.29, 1.82) is 0 Å². The van der Waals surface area contributed by atoms with Crippen LogP contribution in [-0.2, 0) is 16.9 Å². The number of carbonyl (C=O) groups excluding carboxylic acids is 1. The van der Waals surface area contributed by atoms with Crippen LogP contribution in [0.1, 0.15) is 57.6 Å². The SMILES string of the molecule is CC.CC(C)(O)C(C)(C)O[B]c1cc2n(c1)CC1(c3ccccc3)NCCN1C2=O. The molecule has 2 N–H and O–H groups in total. The zero-order valence-corrected chi connectivity index (χ0v) is 18.9. The molecule has 1 radical (unpaired) electrons. The van der Waals surface area contributed by atoms with Crippen molar-refractivity contribution in [2.45, 2.75) is 65.0 Å². The Labute approximate surface area is 180 Å². The van der Waals surface area contributed by atoms with Gasteiger partial charge in [-0.15, -0.1) is 0 Å². The maximum atomic E-state index is 13.2. The maximum absolute atomic E-state index is 13.2. The van der Waals surface area contributed by atoms with Crippen molar-refractivity contribution in [3.8, 4) is 0 Å². The van der Waals surface area contributed by atoms with Gasteiger partial charge in [-0.1, -0.05) is 44.2 Å². The van der Waals surface area contributed by atoms with Gasteiger partial charge in [0.2, 0.25) is 0 Å². The molecule has 1 aromatic heterocycles. The summed E-state index contributed by atoms with van der Waals surface area (Å²) in [5.74, 6) is 0.0153. The second-order valence-electron chi connectivity index (χ2n) is 8.70. The predicted molar refractivity (Wildman–Crippen MR) is 120 cm³/mol. The van der Waals surface area contributed by atoms with Gasteiger partial charge in [0, 0.05) is 19.3 Å². The Balaban J connectivity index is 0.00000124. The molecule has 6 nitrogen and oxygen atoms in total. The van der Waals surface area contributed by atoms with Gasteiger partial charge < -0.3 is 19.2 Å². The third-order valence-electron chi connectivity index (χ3n) is 6.21. The van der Waals surface area contributed by atoms with Gasteiger partial charge >= 0.3 is 7.48 Å². The van der Waals surface area contributed by atoms with E-state index in [2.05, 4.69) is 17.4 Å². The number of nitrogens with one attached hydrogen (secondary N) is 1. The molecule has 1 aromatic carbocycles. The third kappa shape index (κ3) is 3.82. The number of fused-ring (bicyclic) bond motifs is 2. The van der Waals surface area contributed by atoms with E-state index in [0.29, 0.717) is 18.8 Å². The number of nitrogens with zero attached hydrogens (tertiary/aromatic N) is 2. The molecule has 7 heteroatoms. The van der Waals surface area contributed by atoms with E-state index in [1.54, 1.807) is 21.3 Å². The highest BCUT2D eigenvalue weighted by molar-refractivity contribution is 6.47. The van der Waals surface area contributed by atoms with Gasteiger partial charge in [0.15, 0.2) is 0 Å². The average Bonchev–Trinajstić information content (AvgIpc) is 3.33. The normalized spacial score (nSPS) is 20.9. The van der Waals surface area contributed by atoms with Gasteiger partial charge in [-0.05, 0) is 44.8 Å². The molecule has 0 bridgehead atoms. The first kappa shape index (κ1) is 22.6. The number of aliphatic hydroxyl groups is 1. The van der Waals surface area contributed by atoms with E-state index in [1.807, 2.05) is 67.6 Å². The summed E-state index contributed by atoms with van der Waals surface area (Å²) in [4.78, 5) is 15.2. The van der Waals surface area contributed by atoms with Crippen LogP contribution in [-0.4, -0.2) is 52.3 Å². The third-order valence-corrected chi connectivity index (χ3v) is 6.21. The van der Waals surface area contributed by atoms with Crippen molar-refractivity contribution in [2.24, 2.45) is 0 Å².